The van der Waals surface area contributed by atoms with E-state index < -0.39 is 0 Å². The van der Waals surface area contributed by atoms with Crippen molar-refractivity contribution in [3.05, 3.63) is 33.8 Å². The molecule has 0 heterocycles. The molecule has 0 amide bonds. The molecule has 2 heteroatoms. The van der Waals surface area contributed by atoms with Crippen LogP contribution in [0.3, 0.4) is 0 Å². The Hall–Kier alpha value is -0.340. The van der Waals surface area contributed by atoms with Crippen LogP contribution in [-0.4, -0.2) is 6.54 Å². The number of hydrogen-bond donors (Lipinski definition) is 1. The van der Waals surface area contributed by atoms with Crippen LogP contribution in [0.5, 0.6) is 0 Å². The first-order valence-electron chi connectivity index (χ1n) is 4.90. The van der Waals surface area contributed by atoms with Gasteiger partial charge in [-0.2, -0.15) is 0 Å². The highest BCUT2D eigenvalue weighted by molar-refractivity contribution is 9.10. The minimum absolute atomic E-state index is 0.186. The van der Waals surface area contributed by atoms with Gasteiger partial charge in [-0.3, -0.25) is 0 Å². The number of rotatable bonds is 3. The van der Waals surface area contributed by atoms with E-state index in [0.29, 0.717) is 0 Å². The molecule has 0 spiro atoms. The maximum absolute atomic E-state index is 5.73. The molecular weight excluding hydrogens is 238 g/mol. The van der Waals surface area contributed by atoms with E-state index in [2.05, 4.69) is 54.9 Å². The monoisotopic (exact) mass is 255 g/mol. The molecule has 0 bridgehead atoms. The number of nitrogens with two attached hydrogens (primary N) is 1. The Morgan fingerprint density at radius 3 is 2.57 bits per heavy atom. The molecule has 0 radical (unpaired) electrons. The van der Waals surface area contributed by atoms with Gasteiger partial charge in [0.25, 0.3) is 0 Å². The van der Waals surface area contributed by atoms with Crippen LogP contribution in [0.2, 0.25) is 0 Å². The van der Waals surface area contributed by atoms with E-state index in [9.17, 15) is 0 Å². The van der Waals surface area contributed by atoms with Crippen LogP contribution >= 0.6 is 15.9 Å². The first kappa shape index (κ1) is 11.7. The molecule has 14 heavy (non-hydrogen) atoms. The minimum Gasteiger partial charge on any atom is -0.330 e. The lowest BCUT2D eigenvalue weighted by atomic mass is 9.84. The summed E-state index contributed by atoms with van der Waals surface area (Å²) in [6, 6.07) is 6.34. The molecular formula is C12H18BrN. The average molecular weight is 256 g/mol. The third-order valence-corrected chi connectivity index (χ3v) is 3.46. The summed E-state index contributed by atoms with van der Waals surface area (Å²) in [6.07, 6.45) is 1.04. The molecule has 0 saturated heterocycles. The van der Waals surface area contributed by atoms with Gasteiger partial charge < -0.3 is 5.73 Å². The van der Waals surface area contributed by atoms with Gasteiger partial charge in [0.1, 0.15) is 0 Å². The zero-order valence-electron chi connectivity index (χ0n) is 9.10. The lowest BCUT2D eigenvalue weighted by Gasteiger charge is -2.23. The zero-order valence-corrected chi connectivity index (χ0v) is 10.7. The largest absolute Gasteiger partial charge is 0.330 e. The Bertz CT molecular complexity index is 318. The van der Waals surface area contributed by atoms with Crippen LogP contribution < -0.4 is 5.73 Å². The Morgan fingerprint density at radius 2 is 2.00 bits per heavy atom. The molecule has 1 aromatic carbocycles. The van der Waals surface area contributed by atoms with E-state index in [0.717, 1.165) is 13.0 Å². The highest BCUT2D eigenvalue weighted by atomic mass is 79.9. The van der Waals surface area contributed by atoms with Gasteiger partial charge in [0.15, 0.2) is 0 Å². The van der Waals surface area contributed by atoms with Crippen LogP contribution in [0.4, 0.5) is 0 Å². The second-order valence-corrected chi connectivity index (χ2v) is 5.42. The number of halogens is 1. The van der Waals surface area contributed by atoms with E-state index in [4.69, 9.17) is 5.73 Å². The molecule has 1 aromatic rings. The van der Waals surface area contributed by atoms with Crippen molar-refractivity contribution in [2.75, 3.05) is 6.54 Å². The molecule has 0 saturated carbocycles. The predicted molar refractivity (Wildman–Crippen MR) is 65.4 cm³/mol. The fourth-order valence-electron chi connectivity index (χ4n) is 1.43. The zero-order chi connectivity index (χ0) is 10.8. The van der Waals surface area contributed by atoms with Gasteiger partial charge in [0.2, 0.25) is 0 Å². The lowest BCUT2D eigenvalue weighted by molar-refractivity contribution is 0.376. The molecule has 0 atom stereocenters. The first-order chi connectivity index (χ1) is 6.46. The fraction of sp³-hybridized carbons (Fsp3) is 0.500. The molecule has 0 unspecified atom stereocenters. The molecule has 0 aliphatic rings. The van der Waals surface area contributed by atoms with Gasteiger partial charge in [-0.1, -0.05) is 41.9 Å². The highest BCUT2D eigenvalue weighted by Crippen LogP contribution is 2.26. The lowest BCUT2D eigenvalue weighted by Crippen LogP contribution is -2.26. The maximum Gasteiger partial charge on any atom is 0.0207 e. The summed E-state index contributed by atoms with van der Waals surface area (Å²) in [5.74, 6) is 0. The molecule has 2 N–H and O–H groups in total. The molecule has 0 aromatic heterocycles. The predicted octanol–water partition coefficient (Wildman–Crippen LogP) is 3.28. The van der Waals surface area contributed by atoms with Crippen LogP contribution in [-0.2, 0) is 6.42 Å². The Kier molecular flexibility index (Phi) is 3.73. The summed E-state index contributed by atoms with van der Waals surface area (Å²) in [5.41, 5.74) is 8.63. The summed E-state index contributed by atoms with van der Waals surface area (Å²) in [6.45, 7) is 7.27. The van der Waals surface area contributed by atoms with Crippen molar-refractivity contribution < 1.29 is 0 Å². The smallest absolute Gasteiger partial charge is 0.0207 e. The minimum atomic E-state index is 0.186. The fourth-order valence-corrected chi connectivity index (χ4v) is 1.84. The van der Waals surface area contributed by atoms with E-state index in [1.165, 1.54) is 15.6 Å². The second-order valence-electron chi connectivity index (χ2n) is 4.57. The molecule has 0 aliphatic heterocycles. The molecule has 0 fully saturated rings. The second kappa shape index (κ2) is 4.45. The van der Waals surface area contributed by atoms with Crippen molar-refractivity contribution in [1.82, 2.24) is 0 Å². The Morgan fingerprint density at radius 1 is 1.36 bits per heavy atom. The van der Waals surface area contributed by atoms with Gasteiger partial charge in [0, 0.05) is 4.47 Å². The number of hydrogen-bond acceptors (Lipinski definition) is 1. The third kappa shape index (κ3) is 2.82. The SMILES string of the molecule is Cc1c(Br)cccc1CC(C)(C)CN. The van der Waals surface area contributed by atoms with E-state index >= 15 is 0 Å². The molecule has 0 aliphatic carbocycles. The summed E-state index contributed by atoms with van der Waals surface area (Å²) in [5, 5.41) is 0. The summed E-state index contributed by atoms with van der Waals surface area (Å²) in [4.78, 5) is 0. The van der Waals surface area contributed by atoms with Crippen LogP contribution in [0.1, 0.15) is 25.0 Å². The van der Waals surface area contributed by atoms with Gasteiger partial charge >= 0.3 is 0 Å². The van der Waals surface area contributed by atoms with E-state index in [1.807, 2.05) is 0 Å². The van der Waals surface area contributed by atoms with Crippen molar-refractivity contribution in [2.24, 2.45) is 11.1 Å². The van der Waals surface area contributed by atoms with Crippen molar-refractivity contribution in [3.8, 4) is 0 Å². The summed E-state index contributed by atoms with van der Waals surface area (Å²) in [7, 11) is 0. The van der Waals surface area contributed by atoms with Crippen molar-refractivity contribution in [1.29, 1.82) is 0 Å². The van der Waals surface area contributed by atoms with Gasteiger partial charge in [-0.25, -0.2) is 0 Å². The molecule has 1 rings (SSSR count). The topological polar surface area (TPSA) is 26.0 Å². The van der Waals surface area contributed by atoms with Crippen molar-refractivity contribution in [3.63, 3.8) is 0 Å². The third-order valence-electron chi connectivity index (χ3n) is 2.60. The van der Waals surface area contributed by atoms with E-state index in [-0.39, 0.29) is 5.41 Å². The van der Waals surface area contributed by atoms with Gasteiger partial charge in [0.05, 0.1) is 0 Å². The quantitative estimate of drug-likeness (QED) is 0.882. The summed E-state index contributed by atoms with van der Waals surface area (Å²) >= 11 is 3.54. The summed E-state index contributed by atoms with van der Waals surface area (Å²) < 4.78 is 1.18. The highest BCUT2D eigenvalue weighted by Gasteiger charge is 2.17. The normalized spacial score (nSPS) is 11.8. The average Bonchev–Trinajstić information content (AvgIpc) is 2.13. The van der Waals surface area contributed by atoms with Gasteiger partial charge in [-0.15, -0.1) is 0 Å². The van der Waals surface area contributed by atoms with Crippen LogP contribution in [0.15, 0.2) is 22.7 Å². The maximum atomic E-state index is 5.73. The van der Waals surface area contributed by atoms with Gasteiger partial charge in [-0.05, 0) is 42.5 Å². The number of benzene rings is 1. The van der Waals surface area contributed by atoms with Crippen molar-refractivity contribution >= 4 is 15.9 Å². The van der Waals surface area contributed by atoms with Crippen molar-refractivity contribution in [2.45, 2.75) is 27.2 Å². The van der Waals surface area contributed by atoms with Crippen LogP contribution in [0.25, 0.3) is 0 Å². The van der Waals surface area contributed by atoms with Crippen LogP contribution in [0, 0.1) is 12.3 Å². The standard InChI is InChI=1S/C12H18BrN/c1-9-10(5-4-6-11(9)13)7-12(2,3)8-14/h4-6H,7-8,14H2,1-3H3. The Balaban J connectivity index is 2.92. The first-order valence-corrected chi connectivity index (χ1v) is 5.69. The molecule has 1 nitrogen and oxygen atoms in total. The molecule has 78 valence electrons. The van der Waals surface area contributed by atoms with E-state index in [1.54, 1.807) is 0 Å². The Labute approximate surface area is 94.8 Å².